The molecule has 0 unspecified atom stereocenters. The lowest BCUT2D eigenvalue weighted by Crippen LogP contribution is -1.94. The summed E-state index contributed by atoms with van der Waals surface area (Å²) < 4.78 is 5.11. The first-order valence-electron chi connectivity index (χ1n) is 5.66. The van der Waals surface area contributed by atoms with Gasteiger partial charge in [0.2, 0.25) is 0 Å². The normalized spacial score (nSPS) is 11.2. The Labute approximate surface area is 110 Å². The molecule has 0 aliphatic carbocycles. The molecule has 96 valence electrons. The summed E-state index contributed by atoms with van der Waals surface area (Å²) in [6.45, 7) is 5.79. The summed E-state index contributed by atoms with van der Waals surface area (Å²) in [6, 6.07) is 3.35. The summed E-state index contributed by atoms with van der Waals surface area (Å²) in [4.78, 5) is 0. The first kappa shape index (κ1) is 12.8. The van der Waals surface area contributed by atoms with Crippen LogP contribution in [0.15, 0.2) is 16.7 Å². The van der Waals surface area contributed by atoms with E-state index in [2.05, 4.69) is 5.16 Å². The maximum absolute atomic E-state index is 10.3. The quantitative estimate of drug-likeness (QED) is 0.869. The molecular formula is C13H15ClN2O2. The lowest BCUT2D eigenvalue weighted by molar-refractivity contribution is 0.427. The van der Waals surface area contributed by atoms with Gasteiger partial charge in [-0.2, -0.15) is 0 Å². The van der Waals surface area contributed by atoms with Gasteiger partial charge in [-0.3, -0.25) is 0 Å². The van der Waals surface area contributed by atoms with Crippen LogP contribution in [0.25, 0.3) is 11.3 Å². The second kappa shape index (κ2) is 4.53. The van der Waals surface area contributed by atoms with Crippen LogP contribution in [0, 0.1) is 6.92 Å². The number of nitrogens with zero attached hydrogens (tertiary/aromatic N) is 1. The minimum Gasteiger partial charge on any atom is -0.507 e. The smallest absolute Gasteiger partial charge is 0.173 e. The fourth-order valence-electron chi connectivity index (χ4n) is 1.90. The molecule has 5 heteroatoms. The third-order valence-electron chi connectivity index (χ3n) is 2.92. The van der Waals surface area contributed by atoms with Crippen molar-refractivity contribution in [2.24, 2.45) is 0 Å². The largest absolute Gasteiger partial charge is 0.507 e. The van der Waals surface area contributed by atoms with E-state index in [1.54, 1.807) is 12.1 Å². The molecule has 2 aromatic rings. The Hall–Kier alpha value is -1.68. The van der Waals surface area contributed by atoms with Gasteiger partial charge >= 0.3 is 0 Å². The average Bonchev–Trinajstić information content (AvgIpc) is 2.70. The Bertz CT molecular complexity index is 591. The predicted molar refractivity (Wildman–Crippen MR) is 71.9 cm³/mol. The third kappa shape index (κ3) is 2.04. The summed E-state index contributed by atoms with van der Waals surface area (Å²) in [7, 11) is 0. The highest BCUT2D eigenvalue weighted by Crippen LogP contribution is 2.42. The van der Waals surface area contributed by atoms with Gasteiger partial charge in [0.15, 0.2) is 11.6 Å². The van der Waals surface area contributed by atoms with Gasteiger partial charge in [-0.05, 0) is 30.0 Å². The van der Waals surface area contributed by atoms with E-state index in [1.165, 1.54) is 0 Å². The Kier molecular flexibility index (Phi) is 3.22. The van der Waals surface area contributed by atoms with Crippen molar-refractivity contribution in [2.75, 3.05) is 5.73 Å². The van der Waals surface area contributed by atoms with E-state index in [-0.39, 0.29) is 17.5 Å². The van der Waals surface area contributed by atoms with Crippen molar-refractivity contribution in [1.29, 1.82) is 0 Å². The first-order valence-corrected chi connectivity index (χ1v) is 6.04. The van der Waals surface area contributed by atoms with Gasteiger partial charge in [0, 0.05) is 11.1 Å². The zero-order chi connectivity index (χ0) is 13.4. The molecule has 18 heavy (non-hydrogen) atoms. The van der Waals surface area contributed by atoms with Gasteiger partial charge < -0.3 is 15.4 Å². The van der Waals surface area contributed by atoms with Gasteiger partial charge in [-0.25, -0.2) is 0 Å². The van der Waals surface area contributed by atoms with Crippen LogP contribution in [-0.2, 0) is 0 Å². The number of hydrogen-bond donors (Lipinski definition) is 2. The second-order valence-electron chi connectivity index (χ2n) is 4.57. The number of phenols is 1. The Morgan fingerprint density at radius 3 is 2.56 bits per heavy atom. The number of aromatic hydroxyl groups is 1. The number of nitrogen functional groups attached to an aromatic ring is 1. The number of nitrogens with two attached hydrogens (primary N) is 1. The zero-order valence-electron chi connectivity index (χ0n) is 10.5. The van der Waals surface area contributed by atoms with Crippen LogP contribution < -0.4 is 5.73 Å². The van der Waals surface area contributed by atoms with Crippen LogP contribution in [-0.4, -0.2) is 10.3 Å². The molecule has 0 amide bonds. The van der Waals surface area contributed by atoms with Crippen molar-refractivity contribution >= 4 is 17.4 Å². The summed E-state index contributed by atoms with van der Waals surface area (Å²) in [6.07, 6.45) is 0. The molecule has 0 saturated heterocycles. The highest BCUT2D eigenvalue weighted by molar-refractivity contribution is 6.32. The van der Waals surface area contributed by atoms with Gasteiger partial charge in [-0.15, -0.1) is 0 Å². The molecule has 0 aliphatic heterocycles. The average molecular weight is 267 g/mol. The molecule has 2 rings (SSSR count). The molecule has 4 nitrogen and oxygen atoms in total. The second-order valence-corrected chi connectivity index (χ2v) is 4.97. The monoisotopic (exact) mass is 266 g/mol. The molecule has 0 fully saturated rings. The zero-order valence-corrected chi connectivity index (χ0v) is 11.2. The lowest BCUT2D eigenvalue weighted by Gasteiger charge is -2.14. The number of aromatic nitrogens is 1. The van der Waals surface area contributed by atoms with E-state index in [0.717, 1.165) is 11.1 Å². The molecule has 0 atom stereocenters. The van der Waals surface area contributed by atoms with E-state index < -0.39 is 0 Å². The van der Waals surface area contributed by atoms with Crippen LogP contribution in [0.1, 0.15) is 30.9 Å². The molecule has 1 aromatic carbocycles. The van der Waals surface area contributed by atoms with Gasteiger partial charge in [0.25, 0.3) is 0 Å². The van der Waals surface area contributed by atoms with Gasteiger partial charge in [0.1, 0.15) is 5.75 Å². The number of anilines is 1. The Morgan fingerprint density at radius 1 is 1.39 bits per heavy atom. The maximum Gasteiger partial charge on any atom is 0.173 e. The van der Waals surface area contributed by atoms with Gasteiger partial charge in [0.05, 0.1) is 5.56 Å². The standard InChI is InChI=1S/C13H15ClN2O2/c1-6(2)8-4-9(14)7(3)12(13(8)17)10-5-11(15)16-18-10/h4-6,17H,1-3H3,(H2,15,16). The molecule has 0 radical (unpaired) electrons. The summed E-state index contributed by atoms with van der Waals surface area (Å²) >= 11 is 6.19. The fraction of sp³-hybridized carbons (Fsp3) is 0.308. The third-order valence-corrected chi connectivity index (χ3v) is 3.32. The predicted octanol–water partition coefficient (Wildman–Crippen LogP) is 3.71. The fourth-order valence-corrected chi connectivity index (χ4v) is 2.11. The molecule has 3 N–H and O–H groups in total. The van der Waals surface area contributed by atoms with Crippen LogP contribution >= 0.6 is 11.6 Å². The van der Waals surface area contributed by atoms with Gasteiger partial charge in [-0.1, -0.05) is 30.6 Å². The summed E-state index contributed by atoms with van der Waals surface area (Å²) in [5.74, 6) is 1.02. The van der Waals surface area contributed by atoms with Crippen LogP contribution in [0.4, 0.5) is 5.82 Å². The number of halogens is 1. The van der Waals surface area contributed by atoms with Crippen LogP contribution in [0.3, 0.4) is 0 Å². The summed E-state index contributed by atoms with van der Waals surface area (Å²) in [5.41, 5.74) is 7.60. The van der Waals surface area contributed by atoms with Crippen molar-refractivity contribution in [2.45, 2.75) is 26.7 Å². The van der Waals surface area contributed by atoms with Crippen molar-refractivity contribution in [3.05, 3.63) is 28.3 Å². The number of hydrogen-bond acceptors (Lipinski definition) is 4. The molecule has 1 aromatic heterocycles. The Morgan fingerprint density at radius 2 is 2.06 bits per heavy atom. The van der Waals surface area contributed by atoms with Crippen LogP contribution in [0.5, 0.6) is 5.75 Å². The van der Waals surface area contributed by atoms with Crippen molar-refractivity contribution in [3.8, 4) is 17.1 Å². The van der Waals surface area contributed by atoms with E-state index in [4.69, 9.17) is 21.9 Å². The highest BCUT2D eigenvalue weighted by atomic mass is 35.5. The van der Waals surface area contributed by atoms with Crippen molar-refractivity contribution < 1.29 is 9.63 Å². The van der Waals surface area contributed by atoms with E-state index >= 15 is 0 Å². The van der Waals surface area contributed by atoms with E-state index in [0.29, 0.717) is 16.3 Å². The minimum atomic E-state index is 0.155. The highest BCUT2D eigenvalue weighted by Gasteiger charge is 2.20. The van der Waals surface area contributed by atoms with Crippen molar-refractivity contribution in [1.82, 2.24) is 5.16 Å². The van der Waals surface area contributed by atoms with E-state index in [1.807, 2.05) is 20.8 Å². The molecule has 1 heterocycles. The molecule has 0 saturated carbocycles. The topological polar surface area (TPSA) is 72.3 Å². The molecule has 0 aliphatic rings. The number of rotatable bonds is 2. The molecule has 0 bridgehead atoms. The molecule has 0 spiro atoms. The summed E-state index contributed by atoms with van der Waals surface area (Å²) in [5, 5.41) is 14.6. The van der Waals surface area contributed by atoms with Crippen molar-refractivity contribution in [3.63, 3.8) is 0 Å². The Balaban J connectivity index is 2.73. The number of benzene rings is 1. The lowest BCUT2D eigenvalue weighted by atomic mass is 9.95. The minimum absolute atomic E-state index is 0.155. The maximum atomic E-state index is 10.3. The van der Waals surface area contributed by atoms with E-state index in [9.17, 15) is 5.11 Å². The number of phenolic OH excluding ortho intramolecular Hbond substituents is 1. The SMILES string of the molecule is Cc1c(Cl)cc(C(C)C)c(O)c1-c1cc(N)no1. The first-order chi connectivity index (χ1) is 8.41. The van der Waals surface area contributed by atoms with Crippen LogP contribution in [0.2, 0.25) is 5.02 Å². The molecular weight excluding hydrogens is 252 g/mol.